The second-order valence-electron chi connectivity index (χ2n) is 8.34. The predicted octanol–water partition coefficient (Wildman–Crippen LogP) is 3.30. The van der Waals surface area contributed by atoms with Crippen molar-refractivity contribution in [1.82, 2.24) is 30.4 Å². The molecule has 1 fully saturated rings. The zero-order chi connectivity index (χ0) is 22.2. The number of benzene rings is 1. The van der Waals surface area contributed by atoms with E-state index in [1.54, 1.807) is 24.5 Å². The highest BCUT2D eigenvalue weighted by molar-refractivity contribution is 6.00. The van der Waals surface area contributed by atoms with Gasteiger partial charge in [-0.2, -0.15) is 5.10 Å². The molecule has 1 aliphatic heterocycles. The fourth-order valence-electron chi connectivity index (χ4n) is 4.39. The number of hydrogen-bond donors (Lipinski definition) is 2. The molecule has 1 saturated heterocycles. The van der Waals surface area contributed by atoms with Crippen LogP contribution in [-0.2, 0) is 0 Å². The average molecular weight is 430 g/mol. The van der Waals surface area contributed by atoms with Crippen molar-refractivity contribution < 1.29 is 9.18 Å². The number of carbonyl (C=O) groups is 1. The minimum Gasteiger partial charge on any atom is -0.347 e. The van der Waals surface area contributed by atoms with Crippen molar-refractivity contribution in [2.45, 2.75) is 18.9 Å². The Bertz CT molecular complexity index is 1290. The SMILES string of the molecule is Cc1cc(-c2n[nH]c3ncc(C(=O)N[C@@H]4CN(C)C[C@H]4c4ccc(F)cc4)cc23)ccn1. The zero-order valence-electron chi connectivity index (χ0n) is 17.8. The summed E-state index contributed by atoms with van der Waals surface area (Å²) in [6.07, 6.45) is 3.30. The Balaban J connectivity index is 1.42. The summed E-state index contributed by atoms with van der Waals surface area (Å²) in [7, 11) is 2.02. The first-order chi connectivity index (χ1) is 15.5. The van der Waals surface area contributed by atoms with E-state index < -0.39 is 0 Å². The number of fused-ring (bicyclic) bond motifs is 1. The molecule has 162 valence electrons. The lowest BCUT2D eigenvalue weighted by molar-refractivity contribution is 0.0935. The number of carbonyl (C=O) groups excluding carboxylic acids is 1. The maximum absolute atomic E-state index is 13.4. The van der Waals surface area contributed by atoms with E-state index in [0.717, 1.165) is 41.0 Å². The van der Waals surface area contributed by atoms with Crippen LogP contribution in [0.1, 0.15) is 27.5 Å². The summed E-state index contributed by atoms with van der Waals surface area (Å²) in [6, 6.07) is 12.1. The fraction of sp³-hybridized carbons (Fsp3) is 0.250. The van der Waals surface area contributed by atoms with Gasteiger partial charge in [0.1, 0.15) is 11.5 Å². The Labute approximate surface area is 184 Å². The summed E-state index contributed by atoms with van der Waals surface area (Å²) < 4.78 is 13.4. The van der Waals surface area contributed by atoms with Gasteiger partial charge < -0.3 is 10.2 Å². The first kappa shape index (κ1) is 20.3. The molecule has 1 aliphatic rings. The van der Waals surface area contributed by atoms with Gasteiger partial charge >= 0.3 is 0 Å². The fourth-order valence-corrected chi connectivity index (χ4v) is 4.39. The van der Waals surface area contributed by atoms with E-state index in [1.807, 2.05) is 32.2 Å². The minimum absolute atomic E-state index is 0.0830. The Hall–Kier alpha value is -3.65. The van der Waals surface area contributed by atoms with Crippen LogP contribution in [0.25, 0.3) is 22.3 Å². The number of hydrogen-bond acceptors (Lipinski definition) is 5. The molecule has 0 radical (unpaired) electrons. The minimum atomic E-state index is -0.264. The molecule has 2 atom stereocenters. The van der Waals surface area contributed by atoms with Crippen LogP contribution in [0.5, 0.6) is 0 Å². The monoisotopic (exact) mass is 430 g/mol. The third kappa shape index (κ3) is 3.85. The van der Waals surface area contributed by atoms with E-state index >= 15 is 0 Å². The molecule has 0 aliphatic carbocycles. The van der Waals surface area contributed by atoms with Crippen molar-refractivity contribution in [1.29, 1.82) is 0 Å². The van der Waals surface area contributed by atoms with Gasteiger partial charge in [0, 0.05) is 54.1 Å². The summed E-state index contributed by atoms with van der Waals surface area (Å²) in [4.78, 5) is 23.9. The second-order valence-corrected chi connectivity index (χ2v) is 8.34. The number of rotatable bonds is 4. The van der Waals surface area contributed by atoms with Gasteiger partial charge in [-0.3, -0.25) is 14.9 Å². The van der Waals surface area contributed by atoms with E-state index in [9.17, 15) is 9.18 Å². The van der Waals surface area contributed by atoms with E-state index in [1.165, 1.54) is 12.1 Å². The smallest absolute Gasteiger partial charge is 0.253 e. The van der Waals surface area contributed by atoms with Gasteiger partial charge in [0.2, 0.25) is 0 Å². The lowest BCUT2D eigenvalue weighted by Crippen LogP contribution is -2.39. The number of likely N-dealkylation sites (N-methyl/N-ethyl adjacent to an activating group) is 1. The van der Waals surface area contributed by atoms with Crippen LogP contribution in [0.4, 0.5) is 4.39 Å². The predicted molar refractivity (Wildman–Crippen MR) is 120 cm³/mol. The van der Waals surface area contributed by atoms with Gasteiger partial charge in [0.05, 0.1) is 5.56 Å². The second kappa shape index (κ2) is 8.12. The summed E-state index contributed by atoms with van der Waals surface area (Å²) in [5.41, 5.74) is 4.64. The van der Waals surface area contributed by atoms with Gasteiger partial charge in [-0.1, -0.05) is 12.1 Å². The van der Waals surface area contributed by atoms with Crippen molar-refractivity contribution in [3.05, 3.63) is 77.5 Å². The summed E-state index contributed by atoms with van der Waals surface area (Å²) >= 11 is 0. The number of halogens is 1. The van der Waals surface area contributed by atoms with E-state index in [2.05, 4.69) is 30.4 Å². The molecular formula is C24H23FN6O. The maximum Gasteiger partial charge on any atom is 0.253 e. The van der Waals surface area contributed by atoms with E-state index in [0.29, 0.717) is 11.2 Å². The first-order valence-corrected chi connectivity index (χ1v) is 10.5. The van der Waals surface area contributed by atoms with Crippen molar-refractivity contribution in [3.8, 4) is 11.3 Å². The van der Waals surface area contributed by atoms with Crippen LogP contribution in [0.15, 0.2) is 54.9 Å². The summed E-state index contributed by atoms with van der Waals surface area (Å²) in [5, 5.41) is 11.3. The standard InChI is InChI=1S/C24H23FN6O/c1-14-9-16(7-8-26-14)22-19-10-17(11-27-23(19)30-29-22)24(32)28-21-13-31(2)12-20(21)15-3-5-18(25)6-4-15/h3-11,20-21H,12-13H2,1-2H3,(H,28,32)(H,27,29,30)/t20-,21+/m0/s1. The quantitative estimate of drug-likeness (QED) is 0.519. The number of likely N-dealkylation sites (tertiary alicyclic amines) is 1. The van der Waals surface area contributed by atoms with Crippen molar-refractivity contribution in [3.63, 3.8) is 0 Å². The molecule has 0 spiro atoms. The van der Waals surface area contributed by atoms with Crippen LogP contribution in [-0.4, -0.2) is 57.2 Å². The molecule has 32 heavy (non-hydrogen) atoms. The molecule has 4 aromatic rings. The molecule has 8 heteroatoms. The zero-order valence-corrected chi connectivity index (χ0v) is 17.8. The highest BCUT2D eigenvalue weighted by Gasteiger charge is 2.33. The molecule has 0 bridgehead atoms. The van der Waals surface area contributed by atoms with Gasteiger partial charge in [-0.25, -0.2) is 9.37 Å². The van der Waals surface area contributed by atoms with Gasteiger partial charge in [0.15, 0.2) is 5.65 Å². The first-order valence-electron chi connectivity index (χ1n) is 10.5. The molecule has 1 amide bonds. The number of nitrogens with one attached hydrogen (secondary N) is 2. The number of aryl methyl sites for hydroxylation is 1. The Morgan fingerprint density at radius 3 is 2.75 bits per heavy atom. The third-order valence-corrected chi connectivity index (χ3v) is 5.97. The lowest BCUT2D eigenvalue weighted by atomic mass is 9.94. The lowest BCUT2D eigenvalue weighted by Gasteiger charge is -2.20. The topological polar surface area (TPSA) is 86.8 Å². The number of H-pyrrole nitrogens is 1. The number of pyridine rings is 2. The Morgan fingerprint density at radius 1 is 1.16 bits per heavy atom. The molecule has 0 unspecified atom stereocenters. The van der Waals surface area contributed by atoms with E-state index in [-0.39, 0.29) is 23.7 Å². The van der Waals surface area contributed by atoms with Crippen LogP contribution >= 0.6 is 0 Å². The molecular weight excluding hydrogens is 407 g/mol. The van der Waals surface area contributed by atoms with E-state index in [4.69, 9.17) is 0 Å². The highest BCUT2D eigenvalue weighted by Crippen LogP contribution is 2.28. The maximum atomic E-state index is 13.4. The number of aromatic nitrogens is 4. The average Bonchev–Trinajstić information content (AvgIpc) is 3.37. The van der Waals surface area contributed by atoms with Crippen LogP contribution < -0.4 is 5.32 Å². The van der Waals surface area contributed by atoms with Crippen molar-refractivity contribution >= 4 is 16.9 Å². The molecule has 2 N–H and O–H groups in total. The molecule has 0 saturated carbocycles. The van der Waals surface area contributed by atoms with Crippen molar-refractivity contribution in [2.24, 2.45) is 0 Å². The number of aromatic amines is 1. The number of nitrogens with zero attached hydrogens (tertiary/aromatic N) is 4. The highest BCUT2D eigenvalue weighted by atomic mass is 19.1. The Morgan fingerprint density at radius 2 is 1.97 bits per heavy atom. The summed E-state index contributed by atoms with van der Waals surface area (Å²) in [5.74, 6) is -0.365. The normalized spacial score (nSPS) is 18.8. The van der Waals surface area contributed by atoms with Crippen molar-refractivity contribution in [2.75, 3.05) is 20.1 Å². The molecule has 4 heterocycles. The number of amides is 1. The molecule has 5 rings (SSSR count). The largest absolute Gasteiger partial charge is 0.347 e. The third-order valence-electron chi connectivity index (χ3n) is 5.97. The van der Waals surface area contributed by atoms with Gasteiger partial charge in [-0.15, -0.1) is 0 Å². The molecule has 1 aromatic carbocycles. The van der Waals surface area contributed by atoms with Gasteiger partial charge in [-0.05, 0) is 49.9 Å². The Kier molecular flexibility index (Phi) is 5.14. The molecule has 7 nitrogen and oxygen atoms in total. The van der Waals surface area contributed by atoms with Crippen LogP contribution in [0.3, 0.4) is 0 Å². The molecule has 3 aromatic heterocycles. The van der Waals surface area contributed by atoms with Crippen LogP contribution in [0, 0.1) is 12.7 Å². The van der Waals surface area contributed by atoms with Crippen LogP contribution in [0.2, 0.25) is 0 Å². The van der Waals surface area contributed by atoms with Gasteiger partial charge in [0.25, 0.3) is 5.91 Å². The summed E-state index contributed by atoms with van der Waals surface area (Å²) in [6.45, 7) is 3.43.